The molecule has 30 heavy (non-hydrogen) atoms. The molecule has 0 aromatic heterocycles. The van der Waals surface area contributed by atoms with Gasteiger partial charge < -0.3 is 26.3 Å². The Morgan fingerprint density at radius 2 is 2.07 bits per heavy atom. The van der Waals surface area contributed by atoms with Crippen LogP contribution in [0.25, 0.3) is 0 Å². The van der Waals surface area contributed by atoms with Gasteiger partial charge in [0.25, 0.3) is 5.71 Å². The molecule has 8 nitrogen and oxygen atoms in total. The Hall–Kier alpha value is -3.46. The molecule has 2 aromatic rings. The third-order valence-corrected chi connectivity index (χ3v) is 4.97. The molecule has 6 N–H and O–H groups in total. The maximum atomic E-state index is 13.8. The average Bonchev–Trinajstić information content (AvgIpc) is 3.20. The largest absolute Gasteiger partial charge is 0.489 e. The van der Waals surface area contributed by atoms with Gasteiger partial charge in [-0.05, 0) is 24.3 Å². The third-order valence-electron chi connectivity index (χ3n) is 4.97. The number of nitrogens with one attached hydrogen (secondary N) is 2. The highest BCUT2D eigenvalue weighted by atomic mass is 19.1. The van der Waals surface area contributed by atoms with Crippen LogP contribution in [-0.2, 0) is 20.9 Å². The Morgan fingerprint density at radius 3 is 2.70 bits per heavy atom. The van der Waals surface area contributed by atoms with E-state index in [2.05, 4.69) is 10.3 Å². The van der Waals surface area contributed by atoms with Crippen molar-refractivity contribution in [3.63, 3.8) is 0 Å². The van der Waals surface area contributed by atoms with Crippen LogP contribution in [0.2, 0.25) is 0 Å². The molecule has 1 fully saturated rings. The monoisotopic (exact) mass is 415 g/mol. The quantitative estimate of drug-likeness (QED) is 0.349. The number of hydrogen-bond donors (Lipinski definition) is 4. The van der Waals surface area contributed by atoms with E-state index in [9.17, 15) is 14.0 Å². The lowest BCUT2D eigenvalue weighted by Crippen LogP contribution is -2.73. The number of benzene rings is 2. The summed E-state index contributed by atoms with van der Waals surface area (Å²) < 4.78 is 24.7. The summed E-state index contributed by atoms with van der Waals surface area (Å²) in [6, 6.07) is 11.1. The van der Waals surface area contributed by atoms with Crippen molar-refractivity contribution in [3.8, 4) is 5.75 Å². The number of hydrogen-bond acceptors (Lipinski definition) is 5. The van der Waals surface area contributed by atoms with Gasteiger partial charge in [-0.15, -0.1) is 0 Å². The number of nitrogens with two attached hydrogens (primary N) is 2. The molecule has 1 unspecified atom stereocenters. The van der Waals surface area contributed by atoms with Crippen molar-refractivity contribution in [2.24, 2.45) is 5.73 Å². The normalized spacial score (nSPS) is 18.8. The summed E-state index contributed by atoms with van der Waals surface area (Å²) in [6.07, 6.45) is 0.284. The highest BCUT2D eigenvalue weighted by Crippen LogP contribution is 2.23. The van der Waals surface area contributed by atoms with Gasteiger partial charge >= 0.3 is 5.91 Å². The molecule has 0 aliphatic carbocycles. The molecule has 1 saturated heterocycles. The van der Waals surface area contributed by atoms with Crippen LogP contribution in [0.15, 0.2) is 42.5 Å². The lowest BCUT2D eigenvalue weighted by Gasteiger charge is -2.24. The first-order valence-corrected chi connectivity index (χ1v) is 9.37. The van der Waals surface area contributed by atoms with E-state index in [1.165, 1.54) is 6.07 Å². The van der Waals surface area contributed by atoms with Gasteiger partial charge in [-0.2, -0.15) is 0 Å². The van der Waals surface area contributed by atoms with E-state index in [4.69, 9.17) is 20.9 Å². The summed E-state index contributed by atoms with van der Waals surface area (Å²) in [5.41, 5.74) is 11.5. The molecule has 2 amide bonds. The van der Waals surface area contributed by atoms with Crippen molar-refractivity contribution in [2.75, 3.05) is 26.0 Å². The van der Waals surface area contributed by atoms with Crippen LogP contribution in [0.3, 0.4) is 0 Å². The fourth-order valence-corrected chi connectivity index (χ4v) is 3.19. The smallest absolute Gasteiger partial charge is 0.317 e. The van der Waals surface area contributed by atoms with Gasteiger partial charge in [-0.25, -0.2) is 9.38 Å². The first-order chi connectivity index (χ1) is 14.4. The van der Waals surface area contributed by atoms with Crippen molar-refractivity contribution < 1.29 is 28.4 Å². The summed E-state index contributed by atoms with van der Waals surface area (Å²) in [5, 5.41) is 2.67. The Bertz CT molecular complexity index is 987. The van der Waals surface area contributed by atoms with Crippen LogP contribution in [0.5, 0.6) is 5.75 Å². The van der Waals surface area contributed by atoms with Crippen molar-refractivity contribution in [2.45, 2.75) is 18.6 Å². The summed E-state index contributed by atoms with van der Waals surface area (Å²) in [7, 11) is 1.56. The zero-order valence-corrected chi connectivity index (χ0v) is 16.5. The van der Waals surface area contributed by atoms with Gasteiger partial charge in [0.2, 0.25) is 5.91 Å². The van der Waals surface area contributed by atoms with Crippen molar-refractivity contribution >= 4 is 23.2 Å². The van der Waals surface area contributed by atoms with Gasteiger partial charge in [0.1, 0.15) is 30.8 Å². The molecule has 9 heteroatoms. The predicted molar refractivity (Wildman–Crippen MR) is 108 cm³/mol. The number of amides is 2. The second kappa shape index (κ2) is 8.91. The molecule has 1 aliphatic heterocycles. The Morgan fingerprint density at radius 1 is 1.30 bits per heavy atom. The SMILES string of the molecule is C[NH+]=C(C(=O)NC1(C(N)=O)CCOC1)c1cc(OCc2ccccc2F)ccc1N. The van der Waals surface area contributed by atoms with Crippen molar-refractivity contribution in [1.29, 1.82) is 0 Å². The van der Waals surface area contributed by atoms with Gasteiger partial charge in [0, 0.05) is 24.3 Å². The van der Waals surface area contributed by atoms with E-state index < -0.39 is 17.4 Å². The standard InChI is InChI=1S/C21H23FN4O4/c1-25-18(19(27)26-21(20(24)28)8-9-29-12-21)15-10-14(6-7-17(15)23)30-11-13-4-2-3-5-16(13)22/h2-7,10H,8-9,11-12,23H2,1H3,(H2,24,28)(H,26,27)/p+1. The van der Waals surface area contributed by atoms with E-state index >= 15 is 0 Å². The first kappa shape index (κ1) is 21.3. The van der Waals surface area contributed by atoms with Crippen LogP contribution < -0.4 is 26.5 Å². The highest BCUT2D eigenvalue weighted by Gasteiger charge is 2.44. The number of carbonyl (C=O) groups excluding carboxylic acids is 2. The maximum Gasteiger partial charge on any atom is 0.317 e. The minimum Gasteiger partial charge on any atom is -0.489 e. The topological polar surface area (TPSA) is 131 Å². The number of carbonyl (C=O) groups is 2. The van der Waals surface area contributed by atoms with Crippen molar-refractivity contribution in [3.05, 3.63) is 59.4 Å². The number of anilines is 1. The van der Waals surface area contributed by atoms with E-state index in [1.807, 2.05) is 0 Å². The Balaban J connectivity index is 1.80. The molecule has 0 saturated carbocycles. The summed E-state index contributed by atoms with van der Waals surface area (Å²) in [6.45, 7) is 0.338. The third kappa shape index (κ3) is 4.41. The van der Waals surface area contributed by atoms with Crippen LogP contribution in [-0.4, -0.2) is 43.3 Å². The number of nitrogen functional groups attached to an aromatic ring is 1. The highest BCUT2D eigenvalue weighted by molar-refractivity contribution is 6.44. The lowest BCUT2D eigenvalue weighted by molar-refractivity contribution is -0.418. The van der Waals surface area contributed by atoms with E-state index in [0.717, 1.165) is 0 Å². The average molecular weight is 415 g/mol. The second-order valence-electron chi connectivity index (χ2n) is 6.96. The molecular formula is C21H24FN4O4+. The van der Waals surface area contributed by atoms with Crippen LogP contribution in [0, 0.1) is 5.82 Å². The van der Waals surface area contributed by atoms with Crippen LogP contribution >= 0.6 is 0 Å². The second-order valence-corrected chi connectivity index (χ2v) is 6.96. The van der Waals surface area contributed by atoms with Crippen molar-refractivity contribution in [1.82, 2.24) is 5.32 Å². The van der Waals surface area contributed by atoms with E-state index in [1.54, 1.807) is 43.4 Å². The molecule has 3 rings (SSSR count). The fourth-order valence-electron chi connectivity index (χ4n) is 3.19. The zero-order valence-electron chi connectivity index (χ0n) is 16.5. The molecule has 158 valence electrons. The number of primary amides is 1. The molecule has 0 radical (unpaired) electrons. The Kier molecular flexibility index (Phi) is 6.31. The predicted octanol–water partition coefficient (Wildman–Crippen LogP) is -0.753. The number of ether oxygens (including phenoxy) is 2. The molecule has 2 aromatic carbocycles. The summed E-state index contributed by atoms with van der Waals surface area (Å²) >= 11 is 0. The summed E-state index contributed by atoms with van der Waals surface area (Å²) in [4.78, 5) is 27.6. The minimum atomic E-state index is -1.27. The van der Waals surface area contributed by atoms with Gasteiger partial charge in [0.15, 0.2) is 0 Å². The lowest BCUT2D eigenvalue weighted by atomic mass is 9.96. The number of halogens is 1. The fraction of sp³-hybridized carbons (Fsp3) is 0.286. The van der Waals surface area contributed by atoms with Crippen LogP contribution in [0.1, 0.15) is 17.5 Å². The number of rotatable bonds is 7. The molecular weight excluding hydrogens is 391 g/mol. The molecule has 0 bridgehead atoms. The van der Waals surface area contributed by atoms with Gasteiger partial charge in [-0.1, -0.05) is 18.2 Å². The Labute approximate surface area is 173 Å². The maximum absolute atomic E-state index is 13.8. The molecule has 1 aliphatic rings. The van der Waals surface area contributed by atoms with Gasteiger partial charge in [0.05, 0.1) is 12.2 Å². The molecule has 1 atom stereocenters. The molecule has 1 heterocycles. The first-order valence-electron chi connectivity index (χ1n) is 9.37. The van der Waals surface area contributed by atoms with Crippen LogP contribution in [0.4, 0.5) is 10.1 Å². The zero-order chi connectivity index (χ0) is 21.7. The van der Waals surface area contributed by atoms with E-state index in [0.29, 0.717) is 29.2 Å². The van der Waals surface area contributed by atoms with Gasteiger partial charge in [-0.3, -0.25) is 9.59 Å². The summed E-state index contributed by atoms with van der Waals surface area (Å²) in [5.74, 6) is -1.19. The molecule has 0 spiro atoms. The minimum absolute atomic E-state index is 0.00629. The van der Waals surface area contributed by atoms with E-state index in [-0.39, 0.29) is 31.2 Å².